The Hall–Kier alpha value is -5.72. The van der Waals surface area contributed by atoms with Crippen LogP contribution in [0.15, 0.2) is 115 Å². The molecule has 0 saturated heterocycles. The van der Waals surface area contributed by atoms with Crippen LogP contribution >= 0.6 is 0 Å². The third-order valence-electron chi connectivity index (χ3n) is 9.31. The van der Waals surface area contributed by atoms with E-state index in [1.165, 1.54) is 0 Å². The van der Waals surface area contributed by atoms with E-state index in [1.54, 1.807) is 33.1 Å². The number of carbonyl (C=O) groups is 4. The van der Waals surface area contributed by atoms with Crippen LogP contribution in [0.1, 0.15) is 49.9 Å². The molecule has 12 heteroatoms. The van der Waals surface area contributed by atoms with Crippen molar-refractivity contribution in [3.05, 3.63) is 138 Å². The Morgan fingerprint density at radius 1 is 0.589 bits per heavy atom. The van der Waals surface area contributed by atoms with Gasteiger partial charge in [0, 0.05) is 13.1 Å². The van der Waals surface area contributed by atoms with Crippen molar-refractivity contribution in [3.63, 3.8) is 0 Å². The second kappa shape index (κ2) is 22.0. The lowest BCUT2D eigenvalue weighted by atomic mass is 9.93. The van der Waals surface area contributed by atoms with Gasteiger partial charge in [-0.15, -0.1) is 0 Å². The largest absolute Gasteiger partial charge is 0.497 e. The van der Waals surface area contributed by atoms with E-state index in [4.69, 9.17) is 9.47 Å². The molecule has 4 aromatic rings. The second-order valence-corrected chi connectivity index (χ2v) is 14.4. The Kier molecular flexibility index (Phi) is 16.9. The number of alkyl carbamates (subject to hydrolysis) is 1. The van der Waals surface area contributed by atoms with Gasteiger partial charge in [0.15, 0.2) is 0 Å². The smallest absolute Gasteiger partial charge is 0.408 e. The Balaban J connectivity index is 1.59. The molecule has 0 fully saturated rings. The van der Waals surface area contributed by atoms with E-state index >= 15 is 0 Å². The Morgan fingerprint density at radius 3 is 1.71 bits per heavy atom. The van der Waals surface area contributed by atoms with E-state index in [1.807, 2.05) is 117 Å². The Morgan fingerprint density at radius 2 is 1.12 bits per heavy atom. The Bertz CT molecular complexity index is 1830. The summed E-state index contributed by atoms with van der Waals surface area (Å²) in [4.78, 5) is 54.7. The SMILES string of the molecule is COc1cccc(CN[C@@H](C(=O)N[C@H](C(=O)NCc2ccccc2)C(C)C)[C@H](O)[C@H](Cc2ccccc2)NC(=O)[C@@H](NC(=O)OCc2ccccc2)C(C)C)c1. The lowest BCUT2D eigenvalue weighted by molar-refractivity contribution is -0.134. The van der Waals surface area contributed by atoms with Crippen LogP contribution in [0.5, 0.6) is 5.75 Å². The van der Waals surface area contributed by atoms with Crippen LogP contribution in [0, 0.1) is 11.8 Å². The van der Waals surface area contributed by atoms with Crippen molar-refractivity contribution < 1.29 is 33.8 Å². The molecular weight excluding hydrogens is 711 g/mol. The molecule has 0 aliphatic rings. The number of hydrogen-bond acceptors (Lipinski definition) is 8. The highest BCUT2D eigenvalue weighted by Gasteiger charge is 2.38. The fourth-order valence-corrected chi connectivity index (χ4v) is 6.11. The molecule has 4 rings (SSSR count). The first-order valence-electron chi connectivity index (χ1n) is 18.9. The lowest BCUT2D eigenvalue weighted by Crippen LogP contribution is -2.63. The van der Waals surface area contributed by atoms with Crippen molar-refractivity contribution in [2.75, 3.05) is 7.11 Å². The summed E-state index contributed by atoms with van der Waals surface area (Å²) in [6.45, 7) is 7.65. The minimum absolute atomic E-state index is 0.0197. The van der Waals surface area contributed by atoms with E-state index in [2.05, 4.69) is 26.6 Å². The molecule has 5 atom stereocenters. The highest BCUT2D eigenvalue weighted by atomic mass is 16.5. The molecule has 12 nitrogen and oxygen atoms in total. The van der Waals surface area contributed by atoms with Gasteiger partial charge < -0.3 is 35.8 Å². The molecular formula is C44H55N5O7. The van der Waals surface area contributed by atoms with Gasteiger partial charge in [0.05, 0.1) is 19.3 Å². The van der Waals surface area contributed by atoms with Gasteiger partial charge in [0.2, 0.25) is 17.7 Å². The molecule has 0 bridgehead atoms. The minimum Gasteiger partial charge on any atom is -0.497 e. The van der Waals surface area contributed by atoms with Gasteiger partial charge in [-0.2, -0.15) is 0 Å². The van der Waals surface area contributed by atoms with Crippen LogP contribution in [-0.2, 0) is 45.2 Å². The number of carbonyl (C=O) groups excluding carboxylic acids is 4. The summed E-state index contributed by atoms with van der Waals surface area (Å²) >= 11 is 0. The van der Waals surface area contributed by atoms with Crippen molar-refractivity contribution in [2.24, 2.45) is 11.8 Å². The molecule has 0 saturated carbocycles. The minimum atomic E-state index is -1.51. The number of ether oxygens (including phenoxy) is 2. The van der Waals surface area contributed by atoms with Crippen LogP contribution in [0.4, 0.5) is 4.79 Å². The summed E-state index contributed by atoms with van der Waals surface area (Å²) in [5.74, 6) is -1.62. The lowest BCUT2D eigenvalue weighted by Gasteiger charge is -2.33. The molecule has 0 aromatic heterocycles. The molecule has 0 aliphatic carbocycles. The zero-order valence-electron chi connectivity index (χ0n) is 32.7. The molecule has 0 heterocycles. The predicted octanol–water partition coefficient (Wildman–Crippen LogP) is 4.65. The number of aliphatic hydroxyl groups is 1. The molecule has 0 aliphatic heterocycles. The summed E-state index contributed by atoms with van der Waals surface area (Å²) in [5.41, 5.74) is 3.26. The number of aliphatic hydroxyl groups excluding tert-OH is 1. The fourth-order valence-electron chi connectivity index (χ4n) is 6.11. The van der Waals surface area contributed by atoms with Crippen molar-refractivity contribution >= 4 is 23.8 Å². The molecule has 6 N–H and O–H groups in total. The number of rotatable bonds is 20. The van der Waals surface area contributed by atoms with Crippen LogP contribution in [0.3, 0.4) is 0 Å². The normalized spacial score (nSPS) is 13.8. The average molecular weight is 766 g/mol. The van der Waals surface area contributed by atoms with Crippen molar-refractivity contribution in [3.8, 4) is 5.75 Å². The molecule has 4 amide bonds. The summed E-state index contributed by atoms with van der Waals surface area (Å²) < 4.78 is 10.8. The maximum atomic E-state index is 14.3. The van der Waals surface area contributed by atoms with Crippen molar-refractivity contribution in [2.45, 2.75) is 84.1 Å². The maximum Gasteiger partial charge on any atom is 0.408 e. The Labute approximate surface area is 329 Å². The van der Waals surface area contributed by atoms with E-state index < -0.39 is 48.2 Å². The number of methoxy groups -OCH3 is 1. The van der Waals surface area contributed by atoms with E-state index in [9.17, 15) is 24.3 Å². The number of hydrogen-bond donors (Lipinski definition) is 6. The van der Waals surface area contributed by atoms with Gasteiger partial charge in [-0.25, -0.2) is 4.79 Å². The molecule has 0 spiro atoms. The summed E-state index contributed by atoms with van der Waals surface area (Å²) in [7, 11) is 1.56. The highest BCUT2D eigenvalue weighted by Crippen LogP contribution is 2.16. The highest BCUT2D eigenvalue weighted by molar-refractivity contribution is 5.90. The molecule has 0 unspecified atom stereocenters. The van der Waals surface area contributed by atoms with Gasteiger partial charge in [-0.05, 0) is 52.6 Å². The van der Waals surface area contributed by atoms with Gasteiger partial charge in [-0.1, -0.05) is 131 Å². The third-order valence-corrected chi connectivity index (χ3v) is 9.31. The zero-order chi connectivity index (χ0) is 40.5. The summed E-state index contributed by atoms with van der Waals surface area (Å²) in [6, 6.07) is 30.9. The van der Waals surface area contributed by atoms with Crippen molar-refractivity contribution in [1.82, 2.24) is 26.6 Å². The first kappa shape index (κ1) is 43.0. The van der Waals surface area contributed by atoms with Gasteiger partial charge in [-0.3, -0.25) is 19.7 Å². The first-order chi connectivity index (χ1) is 26.9. The fraction of sp³-hybridized carbons (Fsp3) is 0.364. The third kappa shape index (κ3) is 13.5. The molecule has 0 radical (unpaired) electrons. The summed E-state index contributed by atoms with van der Waals surface area (Å²) in [5, 5.41) is 26.8. The topological polar surface area (TPSA) is 167 Å². The molecule has 56 heavy (non-hydrogen) atoms. The maximum absolute atomic E-state index is 14.3. The van der Waals surface area contributed by atoms with E-state index in [-0.39, 0.29) is 43.9 Å². The molecule has 298 valence electrons. The zero-order valence-corrected chi connectivity index (χ0v) is 32.7. The van der Waals surface area contributed by atoms with E-state index in [0.29, 0.717) is 5.75 Å². The number of nitrogens with one attached hydrogen (secondary N) is 5. The monoisotopic (exact) mass is 765 g/mol. The van der Waals surface area contributed by atoms with Crippen LogP contribution < -0.4 is 31.3 Å². The van der Waals surface area contributed by atoms with E-state index in [0.717, 1.165) is 22.3 Å². The van der Waals surface area contributed by atoms with Gasteiger partial charge in [0.25, 0.3) is 0 Å². The van der Waals surface area contributed by atoms with Crippen LogP contribution in [0.25, 0.3) is 0 Å². The average Bonchev–Trinajstić information content (AvgIpc) is 3.20. The van der Waals surface area contributed by atoms with Gasteiger partial charge in [0.1, 0.15) is 30.5 Å². The van der Waals surface area contributed by atoms with Crippen LogP contribution in [0.2, 0.25) is 0 Å². The standard InChI is InChI=1S/C44H55N5O7/c1-29(2)37(41(51)46-26-32-18-11-7-12-19-32)48-43(53)39(45-27-34-22-15-23-35(24-34)55-5)40(50)36(25-31-16-9-6-10-17-31)47-42(52)38(30(3)4)49-44(54)56-28-33-20-13-8-14-21-33/h6-24,29-30,36-40,45,50H,25-28H2,1-5H3,(H,46,51)(H,47,52)(H,48,53)(H,49,54)/t36-,37-,38-,39+,40+/m0/s1. The first-order valence-corrected chi connectivity index (χ1v) is 18.9. The van der Waals surface area contributed by atoms with Crippen LogP contribution in [-0.4, -0.2) is 66.3 Å². The summed E-state index contributed by atoms with van der Waals surface area (Å²) in [6.07, 6.45) is -2.14. The van der Waals surface area contributed by atoms with Gasteiger partial charge >= 0.3 is 6.09 Å². The number of amides is 4. The second-order valence-electron chi connectivity index (χ2n) is 14.4. The predicted molar refractivity (Wildman–Crippen MR) is 215 cm³/mol. The number of benzene rings is 4. The quantitative estimate of drug-likeness (QED) is 0.0757. The van der Waals surface area contributed by atoms with Crippen molar-refractivity contribution in [1.29, 1.82) is 0 Å². The molecule has 4 aromatic carbocycles.